The van der Waals surface area contributed by atoms with Gasteiger partial charge < -0.3 is 4.90 Å². The van der Waals surface area contributed by atoms with Crippen LogP contribution in [0.25, 0.3) is 10.6 Å². The van der Waals surface area contributed by atoms with Gasteiger partial charge in [0.05, 0.1) is 23.0 Å². The van der Waals surface area contributed by atoms with Crippen molar-refractivity contribution in [3.63, 3.8) is 0 Å². The largest absolute Gasteiger partial charge is 0.334 e. The molecule has 3 rings (SSSR count). The number of hydrogen-bond donors (Lipinski definition) is 0. The van der Waals surface area contributed by atoms with Gasteiger partial charge >= 0.3 is 0 Å². The summed E-state index contributed by atoms with van der Waals surface area (Å²) in [7, 11) is 3.16. The molecule has 1 unspecified atom stereocenters. The zero-order valence-electron chi connectivity index (χ0n) is 17.6. The van der Waals surface area contributed by atoms with Crippen molar-refractivity contribution < 1.29 is 13.6 Å². The third-order valence-corrected chi connectivity index (χ3v) is 6.42. The minimum atomic E-state index is -0.962. The molecule has 0 aliphatic heterocycles. The molecule has 158 valence electrons. The highest BCUT2D eigenvalue weighted by atomic mass is 32.1. The molecule has 30 heavy (non-hydrogen) atoms. The van der Waals surface area contributed by atoms with Gasteiger partial charge in [0.25, 0.3) is 11.5 Å². The summed E-state index contributed by atoms with van der Waals surface area (Å²) in [6.45, 7) is 7.04. The van der Waals surface area contributed by atoms with Crippen LogP contribution in [0.15, 0.2) is 23.0 Å². The highest BCUT2D eigenvalue weighted by Gasteiger charge is 2.26. The molecule has 1 atom stereocenters. The van der Waals surface area contributed by atoms with E-state index in [9.17, 15) is 18.4 Å². The molecule has 0 fully saturated rings. The van der Waals surface area contributed by atoms with Gasteiger partial charge in [0.1, 0.15) is 9.88 Å². The first-order valence-electron chi connectivity index (χ1n) is 9.27. The standard InChI is InChI=1S/C21H22F2N4O2S/c1-10-11(2)25-27(6)20(28)17(10)19-24-12(3)18(30-19)21(29)26(5)13(4)14-7-8-15(22)16(23)9-14/h7-9,13H,1-6H3. The molecular formula is C21H22F2N4O2S. The smallest absolute Gasteiger partial charge is 0.277 e. The van der Waals surface area contributed by atoms with Gasteiger partial charge in [-0.2, -0.15) is 5.10 Å². The SMILES string of the molecule is Cc1nc(-c2c(C)c(C)nn(C)c2=O)sc1C(=O)N(C)C(C)c1ccc(F)c(F)c1. The number of amides is 1. The molecule has 2 aromatic heterocycles. The third kappa shape index (κ3) is 3.77. The number of aromatic nitrogens is 3. The molecular weight excluding hydrogens is 410 g/mol. The van der Waals surface area contributed by atoms with Crippen molar-refractivity contribution >= 4 is 17.2 Å². The molecule has 6 nitrogen and oxygen atoms in total. The summed E-state index contributed by atoms with van der Waals surface area (Å²) >= 11 is 1.14. The number of thiazole rings is 1. The lowest BCUT2D eigenvalue weighted by Gasteiger charge is -2.25. The van der Waals surface area contributed by atoms with E-state index >= 15 is 0 Å². The zero-order valence-corrected chi connectivity index (χ0v) is 18.4. The van der Waals surface area contributed by atoms with Crippen LogP contribution < -0.4 is 5.56 Å². The van der Waals surface area contributed by atoms with Gasteiger partial charge in [-0.25, -0.2) is 18.4 Å². The molecule has 3 aromatic rings. The molecule has 1 amide bonds. The maximum atomic E-state index is 13.6. The molecule has 0 saturated heterocycles. The van der Waals surface area contributed by atoms with E-state index < -0.39 is 17.7 Å². The number of hydrogen-bond acceptors (Lipinski definition) is 5. The average Bonchev–Trinajstić information content (AvgIpc) is 3.08. The monoisotopic (exact) mass is 432 g/mol. The van der Waals surface area contributed by atoms with Crippen LogP contribution in [-0.4, -0.2) is 32.6 Å². The Balaban J connectivity index is 1.98. The number of nitrogens with zero attached hydrogens (tertiary/aromatic N) is 4. The Morgan fingerprint density at radius 3 is 2.47 bits per heavy atom. The topological polar surface area (TPSA) is 68.1 Å². The second-order valence-electron chi connectivity index (χ2n) is 7.21. The van der Waals surface area contributed by atoms with Crippen LogP contribution in [0, 0.1) is 32.4 Å². The molecule has 2 heterocycles. The number of halogens is 2. The molecule has 0 bridgehead atoms. The van der Waals surface area contributed by atoms with Gasteiger partial charge in [0.2, 0.25) is 0 Å². The fourth-order valence-electron chi connectivity index (χ4n) is 3.13. The van der Waals surface area contributed by atoms with Crippen LogP contribution in [-0.2, 0) is 7.05 Å². The number of rotatable bonds is 4. The first-order valence-corrected chi connectivity index (χ1v) is 10.1. The van der Waals surface area contributed by atoms with Crippen LogP contribution >= 0.6 is 11.3 Å². The highest BCUT2D eigenvalue weighted by Crippen LogP contribution is 2.31. The Hall–Kier alpha value is -2.94. The van der Waals surface area contributed by atoms with E-state index in [1.807, 2.05) is 6.92 Å². The average molecular weight is 432 g/mol. The molecule has 0 saturated carbocycles. The third-order valence-electron chi connectivity index (χ3n) is 5.26. The van der Waals surface area contributed by atoms with Gasteiger partial charge in [-0.15, -0.1) is 11.3 Å². The Morgan fingerprint density at radius 2 is 1.83 bits per heavy atom. The summed E-state index contributed by atoms with van der Waals surface area (Å²) in [5.74, 6) is -2.21. The molecule has 0 spiro atoms. The predicted molar refractivity (Wildman–Crippen MR) is 112 cm³/mol. The summed E-state index contributed by atoms with van der Waals surface area (Å²) < 4.78 is 28.1. The van der Waals surface area contributed by atoms with Crippen molar-refractivity contribution in [1.82, 2.24) is 19.7 Å². The minimum absolute atomic E-state index is 0.283. The summed E-state index contributed by atoms with van der Waals surface area (Å²) in [4.78, 5) is 32.0. The Morgan fingerprint density at radius 1 is 1.17 bits per heavy atom. The van der Waals surface area contributed by atoms with E-state index in [1.54, 1.807) is 34.9 Å². The van der Waals surface area contributed by atoms with E-state index in [0.29, 0.717) is 38.0 Å². The lowest BCUT2D eigenvalue weighted by Crippen LogP contribution is -2.29. The van der Waals surface area contributed by atoms with E-state index in [1.165, 1.54) is 15.6 Å². The van der Waals surface area contributed by atoms with Gasteiger partial charge in [0, 0.05) is 14.1 Å². The first kappa shape index (κ1) is 21.8. The normalized spacial score (nSPS) is 12.1. The summed E-state index contributed by atoms with van der Waals surface area (Å²) in [6.07, 6.45) is 0. The van der Waals surface area contributed by atoms with Crippen molar-refractivity contribution in [3.8, 4) is 10.6 Å². The van der Waals surface area contributed by atoms with Crippen molar-refractivity contribution in [2.45, 2.75) is 33.7 Å². The Kier molecular flexibility index (Phi) is 5.85. The molecule has 0 N–H and O–H groups in total. The number of aryl methyl sites for hydroxylation is 3. The maximum Gasteiger partial charge on any atom is 0.277 e. The van der Waals surface area contributed by atoms with Crippen LogP contribution in [0.2, 0.25) is 0 Å². The highest BCUT2D eigenvalue weighted by molar-refractivity contribution is 7.17. The molecule has 0 aliphatic carbocycles. The van der Waals surface area contributed by atoms with Crippen LogP contribution in [0.4, 0.5) is 8.78 Å². The second kappa shape index (κ2) is 8.06. The quantitative estimate of drug-likeness (QED) is 0.626. The van der Waals surface area contributed by atoms with E-state index in [4.69, 9.17) is 0 Å². The summed E-state index contributed by atoms with van der Waals surface area (Å²) in [5, 5.41) is 4.62. The zero-order chi connectivity index (χ0) is 22.3. The Labute approximate surface area is 176 Å². The van der Waals surface area contributed by atoms with Crippen molar-refractivity contribution in [1.29, 1.82) is 0 Å². The number of benzene rings is 1. The first-order chi connectivity index (χ1) is 14.0. The maximum absolute atomic E-state index is 13.6. The van der Waals surface area contributed by atoms with Crippen LogP contribution in [0.3, 0.4) is 0 Å². The van der Waals surface area contributed by atoms with Gasteiger partial charge in [-0.3, -0.25) is 9.59 Å². The lowest BCUT2D eigenvalue weighted by molar-refractivity contribution is 0.0746. The van der Waals surface area contributed by atoms with Crippen LogP contribution in [0.1, 0.15) is 45.2 Å². The summed E-state index contributed by atoms with van der Waals surface area (Å²) in [6, 6.07) is 3.09. The lowest BCUT2D eigenvalue weighted by atomic mass is 10.1. The molecule has 0 aliphatic rings. The van der Waals surface area contributed by atoms with Gasteiger partial charge in [-0.05, 0) is 51.0 Å². The fourth-order valence-corrected chi connectivity index (χ4v) is 4.28. The number of carbonyl (C=O) groups is 1. The molecule has 0 radical (unpaired) electrons. The Bertz CT molecular complexity index is 1200. The molecule has 9 heteroatoms. The number of carbonyl (C=O) groups excluding carboxylic acids is 1. The van der Waals surface area contributed by atoms with Crippen molar-refractivity contribution in [2.24, 2.45) is 7.05 Å². The van der Waals surface area contributed by atoms with E-state index in [0.717, 1.165) is 23.5 Å². The van der Waals surface area contributed by atoms with Crippen LogP contribution in [0.5, 0.6) is 0 Å². The van der Waals surface area contributed by atoms with Gasteiger partial charge in [0.15, 0.2) is 11.6 Å². The van der Waals surface area contributed by atoms with E-state index in [2.05, 4.69) is 10.1 Å². The van der Waals surface area contributed by atoms with Gasteiger partial charge in [-0.1, -0.05) is 6.07 Å². The minimum Gasteiger partial charge on any atom is -0.334 e. The summed E-state index contributed by atoms with van der Waals surface area (Å²) in [5.41, 5.74) is 2.54. The predicted octanol–water partition coefficient (Wildman–Crippen LogP) is 3.94. The second-order valence-corrected chi connectivity index (χ2v) is 8.21. The fraction of sp³-hybridized carbons (Fsp3) is 0.333. The van der Waals surface area contributed by atoms with E-state index in [-0.39, 0.29) is 11.5 Å². The molecule has 1 aromatic carbocycles. The van der Waals surface area contributed by atoms with Crippen molar-refractivity contribution in [2.75, 3.05) is 7.05 Å². The van der Waals surface area contributed by atoms with Crippen molar-refractivity contribution in [3.05, 3.63) is 67.6 Å².